The highest BCUT2D eigenvalue weighted by Crippen LogP contribution is 2.26. The zero-order chi connectivity index (χ0) is 13.2. The fourth-order valence-corrected chi connectivity index (χ4v) is 2.00. The van der Waals surface area contributed by atoms with Gasteiger partial charge in [0.05, 0.1) is 16.9 Å². The van der Waals surface area contributed by atoms with Gasteiger partial charge < -0.3 is 0 Å². The lowest BCUT2D eigenvalue weighted by Gasteiger charge is -2.01. The van der Waals surface area contributed by atoms with Gasteiger partial charge in [0, 0.05) is 29.7 Å². The highest BCUT2D eigenvalue weighted by molar-refractivity contribution is 6.33. The zero-order valence-corrected chi connectivity index (χ0v) is 10.5. The van der Waals surface area contributed by atoms with Gasteiger partial charge in [-0.3, -0.25) is 4.98 Å². The van der Waals surface area contributed by atoms with Crippen molar-refractivity contribution >= 4 is 11.6 Å². The molecule has 19 heavy (non-hydrogen) atoms. The molecule has 3 nitrogen and oxygen atoms in total. The van der Waals surface area contributed by atoms with E-state index >= 15 is 0 Å². The van der Waals surface area contributed by atoms with Gasteiger partial charge in [-0.2, -0.15) is 5.10 Å². The maximum Gasteiger partial charge on any atom is 0.123 e. The Morgan fingerprint density at radius 2 is 1.84 bits per heavy atom. The second-order valence-electron chi connectivity index (χ2n) is 4.01. The minimum absolute atomic E-state index is 0.272. The van der Waals surface area contributed by atoms with Gasteiger partial charge in [0.15, 0.2) is 0 Å². The van der Waals surface area contributed by atoms with Crippen LogP contribution < -0.4 is 0 Å². The van der Waals surface area contributed by atoms with Crippen LogP contribution in [-0.2, 0) is 0 Å². The van der Waals surface area contributed by atoms with Crippen LogP contribution in [0.5, 0.6) is 0 Å². The van der Waals surface area contributed by atoms with Crippen molar-refractivity contribution in [3.05, 3.63) is 66.0 Å². The normalized spacial score (nSPS) is 10.6. The lowest BCUT2D eigenvalue weighted by atomic mass is 10.2. The molecule has 0 fully saturated rings. The molecule has 5 heteroatoms. The molecular weight excluding hydrogens is 265 g/mol. The van der Waals surface area contributed by atoms with Crippen molar-refractivity contribution in [1.29, 1.82) is 0 Å². The second kappa shape index (κ2) is 4.82. The van der Waals surface area contributed by atoms with E-state index in [4.69, 9.17) is 11.6 Å². The highest BCUT2D eigenvalue weighted by Gasteiger charge is 2.07. The topological polar surface area (TPSA) is 30.7 Å². The van der Waals surface area contributed by atoms with E-state index in [1.807, 2.05) is 6.20 Å². The van der Waals surface area contributed by atoms with Crippen molar-refractivity contribution in [3.63, 3.8) is 0 Å². The predicted molar refractivity (Wildman–Crippen MR) is 71.8 cm³/mol. The average molecular weight is 274 g/mol. The van der Waals surface area contributed by atoms with E-state index in [0.29, 0.717) is 5.02 Å². The Balaban J connectivity index is 2.00. The maximum absolute atomic E-state index is 12.9. The maximum atomic E-state index is 12.9. The smallest absolute Gasteiger partial charge is 0.123 e. The van der Waals surface area contributed by atoms with Crippen LogP contribution in [0.2, 0.25) is 5.02 Å². The molecule has 0 amide bonds. The van der Waals surface area contributed by atoms with E-state index in [1.54, 1.807) is 41.5 Å². The quantitative estimate of drug-likeness (QED) is 0.712. The average Bonchev–Trinajstić information content (AvgIpc) is 2.89. The van der Waals surface area contributed by atoms with Gasteiger partial charge in [-0.25, -0.2) is 9.07 Å². The third-order valence-corrected chi connectivity index (χ3v) is 3.08. The first-order chi connectivity index (χ1) is 9.24. The van der Waals surface area contributed by atoms with Crippen molar-refractivity contribution in [3.8, 4) is 16.8 Å². The number of halogens is 2. The van der Waals surface area contributed by atoms with Crippen LogP contribution in [0.25, 0.3) is 16.8 Å². The number of pyridine rings is 1. The number of nitrogens with zero attached hydrogens (tertiary/aromatic N) is 3. The van der Waals surface area contributed by atoms with Crippen LogP contribution in [0.4, 0.5) is 4.39 Å². The standard InChI is InChI=1S/C14H9ClFN3/c15-14-5-6-17-8-13(14)10-7-18-19(9-10)12-3-1-11(16)2-4-12/h1-9H. The molecule has 0 atom stereocenters. The molecule has 0 saturated carbocycles. The van der Waals surface area contributed by atoms with E-state index in [2.05, 4.69) is 10.1 Å². The molecule has 0 unspecified atom stereocenters. The van der Waals surface area contributed by atoms with Crippen LogP contribution in [0.3, 0.4) is 0 Å². The van der Waals surface area contributed by atoms with Crippen LogP contribution in [0.1, 0.15) is 0 Å². The van der Waals surface area contributed by atoms with Crippen LogP contribution in [0.15, 0.2) is 55.1 Å². The van der Waals surface area contributed by atoms with Crippen LogP contribution in [-0.4, -0.2) is 14.8 Å². The van der Waals surface area contributed by atoms with Crippen LogP contribution in [0, 0.1) is 5.82 Å². The Bertz CT molecular complexity index is 707. The zero-order valence-electron chi connectivity index (χ0n) is 9.79. The molecule has 1 aromatic carbocycles. The van der Waals surface area contributed by atoms with E-state index < -0.39 is 0 Å². The first-order valence-electron chi connectivity index (χ1n) is 5.64. The summed E-state index contributed by atoms with van der Waals surface area (Å²) in [5, 5.41) is 4.86. The van der Waals surface area contributed by atoms with Gasteiger partial charge >= 0.3 is 0 Å². The Kier molecular flexibility index (Phi) is 3.01. The summed E-state index contributed by atoms with van der Waals surface area (Å²) in [7, 11) is 0. The summed E-state index contributed by atoms with van der Waals surface area (Å²) in [6.45, 7) is 0. The number of benzene rings is 1. The van der Waals surface area contributed by atoms with E-state index in [0.717, 1.165) is 16.8 Å². The van der Waals surface area contributed by atoms with E-state index in [1.165, 1.54) is 12.1 Å². The number of hydrogen-bond donors (Lipinski definition) is 0. The summed E-state index contributed by atoms with van der Waals surface area (Å²) < 4.78 is 14.5. The molecule has 2 heterocycles. The molecule has 0 spiro atoms. The molecule has 0 aliphatic heterocycles. The molecule has 3 aromatic rings. The van der Waals surface area contributed by atoms with Gasteiger partial charge in [0.25, 0.3) is 0 Å². The number of aromatic nitrogens is 3. The molecule has 0 aliphatic rings. The van der Waals surface area contributed by atoms with Crippen molar-refractivity contribution in [1.82, 2.24) is 14.8 Å². The summed E-state index contributed by atoms with van der Waals surface area (Å²) in [5.74, 6) is -0.272. The Morgan fingerprint density at radius 3 is 2.58 bits per heavy atom. The first kappa shape index (κ1) is 11.9. The van der Waals surface area contributed by atoms with Gasteiger partial charge in [0.2, 0.25) is 0 Å². The Hall–Kier alpha value is -2.20. The summed E-state index contributed by atoms with van der Waals surface area (Å²) in [6.07, 6.45) is 6.85. The fourth-order valence-electron chi connectivity index (χ4n) is 1.79. The third kappa shape index (κ3) is 2.35. The Morgan fingerprint density at radius 1 is 1.05 bits per heavy atom. The first-order valence-corrected chi connectivity index (χ1v) is 6.02. The van der Waals surface area contributed by atoms with Crippen molar-refractivity contribution < 1.29 is 4.39 Å². The number of hydrogen-bond acceptors (Lipinski definition) is 2. The van der Waals surface area contributed by atoms with Gasteiger partial charge in [-0.05, 0) is 30.3 Å². The third-order valence-electron chi connectivity index (χ3n) is 2.75. The van der Waals surface area contributed by atoms with Gasteiger partial charge in [-0.15, -0.1) is 0 Å². The SMILES string of the molecule is Fc1ccc(-n2cc(-c3cnccc3Cl)cn2)cc1. The molecular formula is C14H9ClFN3. The molecule has 0 radical (unpaired) electrons. The molecule has 2 aromatic heterocycles. The van der Waals surface area contributed by atoms with E-state index in [-0.39, 0.29) is 5.82 Å². The van der Waals surface area contributed by atoms with Gasteiger partial charge in [-0.1, -0.05) is 11.6 Å². The number of rotatable bonds is 2. The largest absolute Gasteiger partial charge is 0.264 e. The summed E-state index contributed by atoms with van der Waals surface area (Å²) in [6, 6.07) is 7.85. The lowest BCUT2D eigenvalue weighted by Crippen LogP contribution is -1.93. The molecule has 0 aliphatic carbocycles. The fraction of sp³-hybridized carbons (Fsp3) is 0. The minimum atomic E-state index is -0.272. The predicted octanol–water partition coefficient (Wildman–Crippen LogP) is 3.73. The summed E-state index contributed by atoms with van der Waals surface area (Å²) in [5.41, 5.74) is 2.47. The molecule has 0 bridgehead atoms. The van der Waals surface area contributed by atoms with Crippen molar-refractivity contribution in [2.45, 2.75) is 0 Å². The molecule has 0 saturated heterocycles. The second-order valence-corrected chi connectivity index (χ2v) is 4.41. The molecule has 0 N–H and O–H groups in total. The summed E-state index contributed by atoms with van der Waals surface area (Å²) >= 11 is 6.11. The minimum Gasteiger partial charge on any atom is -0.264 e. The molecule has 3 rings (SSSR count). The highest BCUT2D eigenvalue weighted by atomic mass is 35.5. The van der Waals surface area contributed by atoms with Crippen LogP contribution >= 0.6 is 11.6 Å². The van der Waals surface area contributed by atoms with Crippen molar-refractivity contribution in [2.75, 3.05) is 0 Å². The Labute approximate surface area is 114 Å². The van der Waals surface area contributed by atoms with Crippen molar-refractivity contribution in [2.24, 2.45) is 0 Å². The molecule has 94 valence electrons. The van der Waals surface area contributed by atoms with Gasteiger partial charge in [0.1, 0.15) is 5.82 Å². The summed E-state index contributed by atoms with van der Waals surface area (Å²) in [4.78, 5) is 4.04. The lowest BCUT2D eigenvalue weighted by molar-refractivity contribution is 0.627. The van der Waals surface area contributed by atoms with E-state index in [9.17, 15) is 4.39 Å². The monoisotopic (exact) mass is 273 g/mol.